The van der Waals surface area contributed by atoms with Crippen molar-refractivity contribution in [3.63, 3.8) is 0 Å². The second-order valence-corrected chi connectivity index (χ2v) is 6.18. The van der Waals surface area contributed by atoms with Crippen LogP contribution in [0.5, 0.6) is 5.88 Å². The third-order valence-corrected chi connectivity index (χ3v) is 4.74. The molecule has 1 N–H and O–H groups in total. The van der Waals surface area contributed by atoms with Crippen molar-refractivity contribution in [1.29, 1.82) is 0 Å². The van der Waals surface area contributed by atoms with Crippen molar-refractivity contribution in [2.45, 2.75) is 13.3 Å². The highest BCUT2D eigenvalue weighted by Gasteiger charge is 2.15. The number of thiocarbonyl (C=S) groups is 1. The highest BCUT2D eigenvalue weighted by Crippen LogP contribution is 2.31. The lowest BCUT2D eigenvalue weighted by Crippen LogP contribution is -1.96. The van der Waals surface area contributed by atoms with Gasteiger partial charge in [-0.05, 0) is 42.9 Å². The zero-order chi connectivity index (χ0) is 13.3. The molecule has 0 saturated heterocycles. The van der Waals surface area contributed by atoms with E-state index in [1.165, 1.54) is 11.3 Å². The number of rotatable bonds is 3. The zero-order valence-corrected chi connectivity index (χ0v) is 12.7. The maximum absolute atomic E-state index is 10.2. The predicted molar refractivity (Wildman–Crippen MR) is 83.1 cm³/mol. The van der Waals surface area contributed by atoms with Gasteiger partial charge >= 0.3 is 0 Å². The summed E-state index contributed by atoms with van der Waals surface area (Å²) in [6.45, 7) is 1.96. The van der Waals surface area contributed by atoms with Crippen molar-refractivity contribution in [3.8, 4) is 11.6 Å². The fourth-order valence-electron chi connectivity index (χ4n) is 1.53. The standard InChI is InChI=1S/C12H10ClNOS3/c1-2-9(16)10-11(15)14(12(17)18-10)8-5-3-7(13)4-6-8/h3-6,15H,2H2,1H3. The number of thiazole rings is 1. The van der Waals surface area contributed by atoms with Crippen LogP contribution < -0.4 is 0 Å². The first-order chi connectivity index (χ1) is 8.54. The van der Waals surface area contributed by atoms with Crippen LogP contribution in [0.2, 0.25) is 5.02 Å². The third kappa shape index (κ3) is 2.49. The molecule has 1 heterocycles. The summed E-state index contributed by atoms with van der Waals surface area (Å²) in [5.74, 6) is 0.110. The van der Waals surface area contributed by atoms with Crippen LogP contribution in [0, 0.1) is 3.95 Å². The first-order valence-electron chi connectivity index (χ1n) is 5.28. The van der Waals surface area contributed by atoms with Gasteiger partial charge in [0.25, 0.3) is 0 Å². The second kappa shape index (κ2) is 5.48. The molecule has 6 heteroatoms. The van der Waals surface area contributed by atoms with Crippen molar-refractivity contribution in [2.24, 2.45) is 0 Å². The number of aromatic hydroxyl groups is 1. The molecule has 2 rings (SSSR count). The summed E-state index contributed by atoms with van der Waals surface area (Å²) >= 11 is 17.7. The summed E-state index contributed by atoms with van der Waals surface area (Å²) in [6, 6.07) is 7.13. The molecule has 0 aliphatic carbocycles. The molecule has 1 aromatic carbocycles. The fourth-order valence-corrected chi connectivity index (χ4v) is 3.21. The van der Waals surface area contributed by atoms with E-state index in [9.17, 15) is 5.11 Å². The Morgan fingerprint density at radius 2 is 2.00 bits per heavy atom. The van der Waals surface area contributed by atoms with Crippen LogP contribution in [0.25, 0.3) is 5.69 Å². The Morgan fingerprint density at radius 3 is 2.56 bits per heavy atom. The SMILES string of the molecule is CCC(=S)c1sc(=S)n(-c2ccc(Cl)cc2)c1O. The third-order valence-electron chi connectivity index (χ3n) is 2.45. The molecule has 0 aliphatic heterocycles. The molecule has 0 bridgehead atoms. The Labute approximate surface area is 124 Å². The molecule has 0 radical (unpaired) electrons. The van der Waals surface area contributed by atoms with Crippen molar-refractivity contribution in [3.05, 3.63) is 38.1 Å². The summed E-state index contributed by atoms with van der Waals surface area (Å²) in [6.07, 6.45) is 0.707. The number of halogens is 1. The lowest BCUT2D eigenvalue weighted by molar-refractivity contribution is 0.441. The molecule has 2 aromatic rings. The Hall–Kier alpha value is -0.750. The van der Waals surface area contributed by atoms with Crippen LogP contribution in [0.3, 0.4) is 0 Å². The smallest absolute Gasteiger partial charge is 0.216 e. The first kappa shape index (κ1) is 13.7. The minimum Gasteiger partial charge on any atom is -0.493 e. The van der Waals surface area contributed by atoms with E-state index in [2.05, 4.69) is 0 Å². The zero-order valence-electron chi connectivity index (χ0n) is 9.51. The van der Waals surface area contributed by atoms with Crippen LogP contribution in [0.1, 0.15) is 18.2 Å². The molecule has 0 spiro atoms. The van der Waals surface area contributed by atoms with Crippen molar-refractivity contribution >= 4 is 52.2 Å². The maximum atomic E-state index is 10.2. The molecule has 94 valence electrons. The maximum Gasteiger partial charge on any atom is 0.216 e. The van der Waals surface area contributed by atoms with Crippen LogP contribution in [-0.2, 0) is 0 Å². The van der Waals surface area contributed by atoms with Crippen LogP contribution >= 0.6 is 47.4 Å². The van der Waals surface area contributed by atoms with Crippen molar-refractivity contribution < 1.29 is 5.11 Å². The molecular weight excluding hydrogens is 306 g/mol. The number of aromatic nitrogens is 1. The second-order valence-electron chi connectivity index (χ2n) is 3.61. The van der Waals surface area contributed by atoms with E-state index < -0.39 is 0 Å². The molecule has 18 heavy (non-hydrogen) atoms. The Balaban J connectivity index is 2.59. The van der Waals surface area contributed by atoms with Gasteiger partial charge in [0.15, 0.2) is 3.95 Å². The molecule has 0 saturated carbocycles. The molecule has 0 unspecified atom stereocenters. The summed E-state index contributed by atoms with van der Waals surface area (Å²) < 4.78 is 2.17. The van der Waals surface area contributed by atoms with Crippen molar-refractivity contribution in [2.75, 3.05) is 0 Å². The number of benzene rings is 1. The first-order valence-corrected chi connectivity index (χ1v) is 7.29. The van der Waals surface area contributed by atoms with Gasteiger partial charge in [0, 0.05) is 9.89 Å². The van der Waals surface area contributed by atoms with E-state index in [0.717, 1.165) is 10.6 Å². The van der Waals surface area contributed by atoms with E-state index >= 15 is 0 Å². The van der Waals surface area contributed by atoms with Gasteiger partial charge in [-0.1, -0.05) is 42.1 Å². The summed E-state index contributed by atoms with van der Waals surface area (Å²) in [4.78, 5) is 1.39. The fraction of sp³-hybridized carbons (Fsp3) is 0.167. The molecule has 0 amide bonds. The minimum atomic E-state index is 0.110. The summed E-state index contributed by atoms with van der Waals surface area (Å²) in [5.41, 5.74) is 0.781. The van der Waals surface area contributed by atoms with Crippen LogP contribution in [0.4, 0.5) is 0 Å². The van der Waals surface area contributed by atoms with Gasteiger partial charge in [-0.25, -0.2) is 0 Å². The normalized spacial score (nSPS) is 10.6. The van der Waals surface area contributed by atoms with E-state index in [-0.39, 0.29) is 5.88 Å². The molecular formula is C12H10ClNOS3. The Kier molecular flexibility index (Phi) is 4.17. The van der Waals surface area contributed by atoms with E-state index in [4.69, 9.17) is 36.0 Å². The topological polar surface area (TPSA) is 25.2 Å². The van der Waals surface area contributed by atoms with E-state index in [1.807, 2.05) is 19.1 Å². The number of nitrogens with zero attached hydrogens (tertiary/aromatic N) is 1. The molecule has 2 nitrogen and oxygen atoms in total. The van der Waals surface area contributed by atoms with Gasteiger partial charge in [0.1, 0.15) is 4.88 Å². The van der Waals surface area contributed by atoms with Gasteiger partial charge < -0.3 is 5.11 Å². The molecule has 0 atom stereocenters. The van der Waals surface area contributed by atoms with Gasteiger partial charge in [-0.3, -0.25) is 4.57 Å². The van der Waals surface area contributed by atoms with Crippen LogP contribution in [-0.4, -0.2) is 14.5 Å². The predicted octanol–water partition coefficient (Wildman–Crippen LogP) is 4.76. The van der Waals surface area contributed by atoms with Crippen LogP contribution in [0.15, 0.2) is 24.3 Å². The largest absolute Gasteiger partial charge is 0.493 e. The lowest BCUT2D eigenvalue weighted by Gasteiger charge is -2.05. The lowest BCUT2D eigenvalue weighted by atomic mass is 10.3. The average Bonchev–Trinajstić information content (AvgIpc) is 2.65. The van der Waals surface area contributed by atoms with Gasteiger partial charge in [0.2, 0.25) is 5.88 Å². The molecule has 0 fully saturated rings. The molecule has 0 aliphatic rings. The summed E-state index contributed by atoms with van der Waals surface area (Å²) in [7, 11) is 0. The van der Waals surface area contributed by atoms with Gasteiger partial charge in [-0.15, -0.1) is 0 Å². The highest BCUT2D eigenvalue weighted by atomic mass is 35.5. The van der Waals surface area contributed by atoms with Crippen molar-refractivity contribution in [1.82, 2.24) is 4.57 Å². The minimum absolute atomic E-state index is 0.110. The average molecular weight is 316 g/mol. The number of hydrogen-bond acceptors (Lipinski definition) is 4. The quantitative estimate of drug-likeness (QED) is 0.653. The Morgan fingerprint density at radius 1 is 1.39 bits per heavy atom. The Bertz CT molecular complexity index is 642. The van der Waals surface area contributed by atoms with Gasteiger partial charge in [-0.2, -0.15) is 0 Å². The number of hydrogen-bond donors (Lipinski definition) is 1. The van der Waals surface area contributed by atoms with E-state index in [0.29, 0.717) is 20.3 Å². The summed E-state index contributed by atoms with van der Waals surface area (Å²) in [5, 5.41) is 10.9. The van der Waals surface area contributed by atoms with Gasteiger partial charge in [0.05, 0.1) is 5.69 Å². The monoisotopic (exact) mass is 315 g/mol. The molecule has 1 aromatic heterocycles. The van der Waals surface area contributed by atoms with E-state index in [1.54, 1.807) is 16.7 Å². The highest BCUT2D eigenvalue weighted by molar-refractivity contribution is 7.81.